The largest absolute Gasteiger partial charge is 0.397 e. The molecule has 0 spiro atoms. The summed E-state index contributed by atoms with van der Waals surface area (Å²) in [7, 11) is 0. The van der Waals surface area contributed by atoms with Crippen molar-refractivity contribution in [1.29, 1.82) is 0 Å². The SMILES string of the molecule is Nc1ccccc1NC(=O)Nc1cccc2ccccc12. The molecule has 3 rings (SSSR count). The number of nitrogens with one attached hydrogen (secondary N) is 2. The minimum Gasteiger partial charge on any atom is -0.397 e. The second-order valence-corrected chi connectivity index (χ2v) is 4.69. The molecular weight excluding hydrogens is 262 g/mol. The van der Waals surface area contributed by atoms with Gasteiger partial charge in [0.25, 0.3) is 0 Å². The first-order valence-electron chi connectivity index (χ1n) is 6.64. The number of nitrogens with two attached hydrogens (primary N) is 1. The van der Waals surface area contributed by atoms with Gasteiger partial charge in [0.2, 0.25) is 0 Å². The maximum absolute atomic E-state index is 12.1. The van der Waals surface area contributed by atoms with E-state index >= 15 is 0 Å². The van der Waals surface area contributed by atoms with E-state index < -0.39 is 0 Å². The molecule has 104 valence electrons. The molecule has 0 aromatic heterocycles. The van der Waals surface area contributed by atoms with Crippen molar-refractivity contribution < 1.29 is 4.79 Å². The molecule has 0 saturated heterocycles. The number of carbonyl (C=O) groups is 1. The van der Waals surface area contributed by atoms with Gasteiger partial charge in [0, 0.05) is 5.39 Å². The summed E-state index contributed by atoms with van der Waals surface area (Å²) >= 11 is 0. The summed E-state index contributed by atoms with van der Waals surface area (Å²) in [5.41, 5.74) is 7.70. The molecule has 3 aromatic carbocycles. The lowest BCUT2D eigenvalue weighted by Gasteiger charge is -2.11. The van der Waals surface area contributed by atoms with Crippen LogP contribution in [-0.2, 0) is 0 Å². The predicted molar refractivity (Wildman–Crippen MR) is 87.4 cm³/mol. The first kappa shape index (κ1) is 13.0. The quantitative estimate of drug-likeness (QED) is 0.618. The Morgan fingerprint density at radius 2 is 1.38 bits per heavy atom. The lowest BCUT2D eigenvalue weighted by Crippen LogP contribution is -2.20. The summed E-state index contributed by atoms with van der Waals surface area (Å²) in [6.07, 6.45) is 0. The first-order chi connectivity index (χ1) is 10.2. The van der Waals surface area contributed by atoms with Crippen molar-refractivity contribution in [1.82, 2.24) is 0 Å². The molecule has 4 N–H and O–H groups in total. The Morgan fingerprint density at radius 3 is 2.24 bits per heavy atom. The van der Waals surface area contributed by atoms with E-state index in [4.69, 9.17) is 5.73 Å². The second kappa shape index (κ2) is 5.54. The van der Waals surface area contributed by atoms with Gasteiger partial charge in [-0.15, -0.1) is 0 Å². The average molecular weight is 277 g/mol. The average Bonchev–Trinajstić information content (AvgIpc) is 2.50. The van der Waals surface area contributed by atoms with E-state index in [1.165, 1.54) is 0 Å². The van der Waals surface area contributed by atoms with E-state index in [9.17, 15) is 4.79 Å². The highest BCUT2D eigenvalue weighted by Crippen LogP contribution is 2.23. The maximum atomic E-state index is 12.1. The van der Waals surface area contributed by atoms with Crippen molar-refractivity contribution in [3.05, 3.63) is 66.7 Å². The third kappa shape index (κ3) is 2.79. The molecule has 2 amide bonds. The van der Waals surface area contributed by atoms with Crippen LogP contribution in [0.25, 0.3) is 10.8 Å². The number of carbonyl (C=O) groups excluding carboxylic acids is 1. The molecule has 0 fully saturated rings. The van der Waals surface area contributed by atoms with Crippen molar-refractivity contribution in [3.8, 4) is 0 Å². The van der Waals surface area contributed by atoms with Crippen LogP contribution >= 0.6 is 0 Å². The Labute approximate surface area is 122 Å². The fourth-order valence-electron chi connectivity index (χ4n) is 2.22. The normalized spacial score (nSPS) is 10.3. The van der Waals surface area contributed by atoms with E-state index in [1.54, 1.807) is 12.1 Å². The number of para-hydroxylation sites is 2. The van der Waals surface area contributed by atoms with Gasteiger partial charge in [0.15, 0.2) is 0 Å². The van der Waals surface area contributed by atoms with Gasteiger partial charge in [-0.3, -0.25) is 0 Å². The van der Waals surface area contributed by atoms with Gasteiger partial charge < -0.3 is 16.4 Å². The van der Waals surface area contributed by atoms with Crippen molar-refractivity contribution in [2.45, 2.75) is 0 Å². The van der Waals surface area contributed by atoms with Crippen molar-refractivity contribution in [3.63, 3.8) is 0 Å². The number of anilines is 3. The molecule has 0 radical (unpaired) electrons. The highest BCUT2D eigenvalue weighted by atomic mass is 16.2. The highest BCUT2D eigenvalue weighted by Gasteiger charge is 2.07. The van der Waals surface area contributed by atoms with Crippen LogP contribution in [0, 0.1) is 0 Å². The fraction of sp³-hybridized carbons (Fsp3) is 0. The molecule has 0 aliphatic heterocycles. The molecule has 4 nitrogen and oxygen atoms in total. The minimum absolute atomic E-state index is 0.316. The van der Waals surface area contributed by atoms with Crippen molar-refractivity contribution >= 4 is 33.9 Å². The Kier molecular flexibility index (Phi) is 3.43. The van der Waals surface area contributed by atoms with E-state index in [1.807, 2.05) is 54.6 Å². The standard InChI is InChI=1S/C17H15N3O/c18-14-9-3-4-10-16(14)20-17(21)19-15-11-5-7-12-6-1-2-8-13(12)15/h1-11H,18H2,(H2,19,20,21). The molecular formula is C17H15N3O. The van der Waals surface area contributed by atoms with Crippen LogP contribution in [0.2, 0.25) is 0 Å². The van der Waals surface area contributed by atoms with Crippen LogP contribution in [0.1, 0.15) is 0 Å². The molecule has 3 aromatic rings. The Bertz CT molecular complexity index is 793. The van der Waals surface area contributed by atoms with Gasteiger partial charge in [-0.25, -0.2) is 4.79 Å². The zero-order valence-corrected chi connectivity index (χ0v) is 11.3. The first-order valence-corrected chi connectivity index (χ1v) is 6.64. The van der Waals surface area contributed by atoms with Crippen molar-refractivity contribution in [2.75, 3.05) is 16.4 Å². The Hall–Kier alpha value is -3.01. The van der Waals surface area contributed by atoms with Crippen molar-refractivity contribution in [2.24, 2.45) is 0 Å². The zero-order valence-electron chi connectivity index (χ0n) is 11.3. The molecule has 0 aliphatic carbocycles. The summed E-state index contributed by atoms with van der Waals surface area (Å²) in [5.74, 6) is 0. The van der Waals surface area contributed by atoms with E-state index in [-0.39, 0.29) is 6.03 Å². The van der Waals surface area contributed by atoms with Gasteiger partial charge in [0.1, 0.15) is 0 Å². The Morgan fingerprint density at radius 1 is 0.762 bits per heavy atom. The van der Waals surface area contributed by atoms with Gasteiger partial charge in [-0.1, -0.05) is 48.5 Å². The molecule has 21 heavy (non-hydrogen) atoms. The number of amides is 2. The van der Waals surface area contributed by atoms with Gasteiger partial charge >= 0.3 is 6.03 Å². The molecule has 4 heteroatoms. The molecule has 0 bridgehead atoms. The predicted octanol–water partition coefficient (Wildman–Crippen LogP) is 4.07. The molecule has 0 atom stereocenters. The van der Waals surface area contributed by atoms with Crippen LogP contribution in [0.5, 0.6) is 0 Å². The topological polar surface area (TPSA) is 67.1 Å². The van der Waals surface area contributed by atoms with Crippen LogP contribution in [0.15, 0.2) is 66.7 Å². The third-order valence-electron chi connectivity index (χ3n) is 3.25. The summed E-state index contributed by atoms with van der Waals surface area (Å²) in [6, 6.07) is 20.5. The van der Waals surface area contributed by atoms with Crippen LogP contribution < -0.4 is 16.4 Å². The van der Waals surface area contributed by atoms with E-state index in [0.29, 0.717) is 11.4 Å². The number of benzene rings is 3. The number of hydrogen-bond donors (Lipinski definition) is 3. The monoisotopic (exact) mass is 277 g/mol. The highest BCUT2D eigenvalue weighted by molar-refractivity contribution is 6.07. The maximum Gasteiger partial charge on any atom is 0.323 e. The zero-order chi connectivity index (χ0) is 14.7. The summed E-state index contributed by atoms with van der Waals surface area (Å²) < 4.78 is 0. The third-order valence-corrected chi connectivity index (χ3v) is 3.25. The number of hydrogen-bond acceptors (Lipinski definition) is 2. The van der Waals surface area contributed by atoms with Crippen LogP contribution in [0.4, 0.5) is 21.9 Å². The second-order valence-electron chi connectivity index (χ2n) is 4.69. The van der Waals surface area contributed by atoms with Gasteiger partial charge in [-0.05, 0) is 23.6 Å². The smallest absolute Gasteiger partial charge is 0.323 e. The molecule has 0 heterocycles. The van der Waals surface area contributed by atoms with Crippen LogP contribution in [-0.4, -0.2) is 6.03 Å². The number of nitrogen functional groups attached to an aromatic ring is 1. The molecule has 0 aliphatic rings. The Balaban J connectivity index is 1.82. The summed E-state index contributed by atoms with van der Waals surface area (Å²) in [5, 5.41) is 7.68. The van der Waals surface area contributed by atoms with Crippen LogP contribution in [0.3, 0.4) is 0 Å². The lowest BCUT2D eigenvalue weighted by atomic mass is 10.1. The van der Waals surface area contributed by atoms with E-state index in [2.05, 4.69) is 10.6 Å². The number of urea groups is 1. The lowest BCUT2D eigenvalue weighted by molar-refractivity contribution is 0.262. The minimum atomic E-state index is -0.316. The van der Waals surface area contributed by atoms with Gasteiger partial charge in [-0.2, -0.15) is 0 Å². The molecule has 0 unspecified atom stereocenters. The fourth-order valence-corrected chi connectivity index (χ4v) is 2.22. The van der Waals surface area contributed by atoms with Gasteiger partial charge in [0.05, 0.1) is 17.1 Å². The summed E-state index contributed by atoms with van der Waals surface area (Å²) in [4.78, 5) is 12.1. The molecule has 0 saturated carbocycles. The number of rotatable bonds is 2. The number of fused-ring (bicyclic) bond motifs is 1. The summed E-state index contributed by atoms with van der Waals surface area (Å²) in [6.45, 7) is 0. The van der Waals surface area contributed by atoms with E-state index in [0.717, 1.165) is 16.5 Å².